The van der Waals surface area contributed by atoms with Crippen molar-refractivity contribution in [3.8, 4) is 0 Å². The first kappa shape index (κ1) is 19.1. The predicted octanol–water partition coefficient (Wildman–Crippen LogP) is 1.54. The van der Waals surface area contributed by atoms with Gasteiger partial charge in [-0.1, -0.05) is 19.9 Å². The van der Waals surface area contributed by atoms with Crippen LogP contribution >= 0.6 is 0 Å². The third kappa shape index (κ3) is 4.56. The van der Waals surface area contributed by atoms with E-state index >= 15 is 0 Å². The van der Waals surface area contributed by atoms with Gasteiger partial charge in [0.05, 0.1) is 12.2 Å². The Bertz CT molecular complexity index is 793. The maximum absolute atomic E-state index is 4.64. The van der Waals surface area contributed by atoms with E-state index < -0.39 is 0 Å². The standard InChI is InChI=1S/C19H30N8/c1-13(2)18-25-24-17-10-9-15(12-27(17)18)23-19(20-3)21-11-14-7-6-8-16(22-14)26(4)5/h6-8,13,15H,9-12H2,1-5H3,(H2,20,21,23). The van der Waals surface area contributed by atoms with E-state index in [1.165, 1.54) is 0 Å². The van der Waals surface area contributed by atoms with Gasteiger partial charge < -0.3 is 20.1 Å². The van der Waals surface area contributed by atoms with Crippen LogP contribution in [0.4, 0.5) is 5.82 Å². The van der Waals surface area contributed by atoms with Crippen LogP contribution in [0.15, 0.2) is 23.2 Å². The highest BCUT2D eigenvalue weighted by Crippen LogP contribution is 2.20. The van der Waals surface area contributed by atoms with Gasteiger partial charge in [-0.2, -0.15) is 0 Å². The van der Waals surface area contributed by atoms with Gasteiger partial charge in [0.1, 0.15) is 17.5 Å². The highest BCUT2D eigenvalue weighted by Gasteiger charge is 2.24. The van der Waals surface area contributed by atoms with Crippen LogP contribution in [0.25, 0.3) is 0 Å². The number of hydrogen-bond donors (Lipinski definition) is 2. The SMILES string of the molecule is CN=C(NCc1cccc(N(C)C)n1)NC1CCc2nnc(C(C)C)n2C1. The van der Waals surface area contributed by atoms with E-state index in [1.54, 1.807) is 7.05 Å². The number of aromatic nitrogens is 4. The third-order valence-electron chi connectivity index (χ3n) is 4.74. The van der Waals surface area contributed by atoms with E-state index in [1.807, 2.05) is 37.2 Å². The summed E-state index contributed by atoms with van der Waals surface area (Å²) < 4.78 is 2.25. The molecule has 0 aliphatic carbocycles. The molecule has 0 radical (unpaired) electrons. The lowest BCUT2D eigenvalue weighted by molar-refractivity contribution is 0.407. The molecule has 2 aromatic rings. The Morgan fingerprint density at radius 3 is 2.85 bits per heavy atom. The molecule has 146 valence electrons. The summed E-state index contributed by atoms with van der Waals surface area (Å²) in [5.74, 6) is 4.26. The first-order valence-electron chi connectivity index (χ1n) is 9.50. The highest BCUT2D eigenvalue weighted by atomic mass is 15.3. The van der Waals surface area contributed by atoms with Gasteiger partial charge in [-0.15, -0.1) is 10.2 Å². The van der Waals surface area contributed by atoms with E-state index in [4.69, 9.17) is 0 Å². The Kier molecular flexibility index (Phi) is 5.93. The molecule has 8 nitrogen and oxygen atoms in total. The quantitative estimate of drug-likeness (QED) is 0.614. The van der Waals surface area contributed by atoms with E-state index in [-0.39, 0.29) is 0 Å². The molecule has 0 saturated heterocycles. The molecule has 0 aromatic carbocycles. The fraction of sp³-hybridized carbons (Fsp3) is 0.579. The summed E-state index contributed by atoms with van der Waals surface area (Å²) in [5, 5.41) is 15.6. The maximum Gasteiger partial charge on any atom is 0.191 e. The summed E-state index contributed by atoms with van der Waals surface area (Å²) in [5.41, 5.74) is 0.982. The van der Waals surface area contributed by atoms with E-state index in [9.17, 15) is 0 Å². The second kappa shape index (κ2) is 8.37. The molecule has 1 unspecified atom stereocenters. The number of fused-ring (bicyclic) bond motifs is 1. The zero-order valence-corrected chi connectivity index (χ0v) is 16.9. The Morgan fingerprint density at radius 1 is 1.33 bits per heavy atom. The Hall–Kier alpha value is -2.64. The van der Waals surface area contributed by atoms with E-state index in [0.29, 0.717) is 18.5 Å². The monoisotopic (exact) mass is 370 g/mol. The molecule has 3 heterocycles. The van der Waals surface area contributed by atoms with Gasteiger partial charge >= 0.3 is 0 Å². The number of aryl methyl sites for hydroxylation is 1. The molecule has 1 aliphatic rings. The number of aliphatic imine (C=N–C) groups is 1. The van der Waals surface area contributed by atoms with Crippen LogP contribution in [0.1, 0.15) is 43.5 Å². The van der Waals surface area contributed by atoms with Crippen molar-refractivity contribution < 1.29 is 0 Å². The fourth-order valence-electron chi connectivity index (χ4n) is 3.27. The topological polar surface area (TPSA) is 83.3 Å². The molecule has 0 bridgehead atoms. The van der Waals surface area contributed by atoms with E-state index in [0.717, 1.165) is 48.5 Å². The summed E-state index contributed by atoms with van der Waals surface area (Å²) in [6.07, 6.45) is 1.95. The Morgan fingerprint density at radius 2 is 2.15 bits per heavy atom. The average Bonchev–Trinajstić information content (AvgIpc) is 3.08. The molecule has 0 saturated carbocycles. The second-order valence-corrected chi connectivity index (χ2v) is 7.43. The molecule has 0 amide bonds. The van der Waals surface area contributed by atoms with Crippen LogP contribution in [0.2, 0.25) is 0 Å². The average molecular weight is 371 g/mol. The molecule has 2 aromatic heterocycles. The van der Waals surface area contributed by atoms with Crippen molar-refractivity contribution in [2.24, 2.45) is 4.99 Å². The predicted molar refractivity (Wildman–Crippen MR) is 108 cm³/mol. The van der Waals surface area contributed by atoms with Crippen molar-refractivity contribution in [2.75, 3.05) is 26.0 Å². The zero-order valence-electron chi connectivity index (χ0n) is 16.9. The lowest BCUT2D eigenvalue weighted by Gasteiger charge is -2.27. The number of anilines is 1. The molecule has 2 N–H and O–H groups in total. The molecule has 1 aliphatic heterocycles. The van der Waals surface area contributed by atoms with Gasteiger partial charge in [0.2, 0.25) is 0 Å². The van der Waals surface area contributed by atoms with Crippen molar-refractivity contribution in [3.05, 3.63) is 35.5 Å². The van der Waals surface area contributed by atoms with Crippen LogP contribution in [0.3, 0.4) is 0 Å². The number of rotatable bonds is 5. The van der Waals surface area contributed by atoms with Gasteiger partial charge in [0, 0.05) is 46.1 Å². The van der Waals surface area contributed by atoms with Crippen molar-refractivity contribution >= 4 is 11.8 Å². The Labute approximate surface area is 161 Å². The molecular weight excluding hydrogens is 340 g/mol. The first-order valence-corrected chi connectivity index (χ1v) is 9.50. The summed E-state index contributed by atoms with van der Waals surface area (Å²) in [4.78, 5) is 11.0. The lowest BCUT2D eigenvalue weighted by atomic mass is 10.1. The Balaban J connectivity index is 1.59. The number of hydrogen-bond acceptors (Lipinski definition) is 5. The molecule has 3 rings (SSSR count). The number of nitrogens with zero attached hydrogens (tertiary/aromatic N) is 6. The minimum atomic E-state index is 0.304. The van der Waals surface area contributed by atoms with Crippen molar-refractivity contribution in [2.45, 2.75) is 51.7 Å². The van der Waals surface area contributed by atoms with Gasteiger partial charge in [0.15, 0.2) is 5.96 Å². The number of nitrogens with one attached hydrogen (secondary N) is 2. The van der Waals surface area contributed by atoms with Gasteiger partial charge in [-0.05, 0) is 18.6 Å². The molecule has 0 fully saturated rings. The minimum absolute atomic E-state index is 0.304. The summed E-state index contributed by atoms with van der Waals surface area (Å²) in [7, 11) is 5.78. The maximum atomic E-state index is 4.64. The second-order valence-electron chi connectivity index (χ2n) is 7.43. The summed E-state index contributed by atoms with van der Waals surface area (Å²) in [6.45, 7) is 5.81. The minimum Gasteiger partial charge on any atom is -0.363 e. The molecule has 27 heavy (non-hydrogen) atoms. The number of guanidine groups is 1. The normalized spacial score (nSPS) is 17.0. The van der Waals surface area contributed by atoms with Crippen LogP contribution in [0.5, 0.6) is 0 Å². The third-order valence-corrected chi connectivity index (χ3v) is 4.74. The molecule has 8 heteroatoms. The first-order chi connectivity index (χ1) is 13.0. The van der Waals surface area contributed by atoms with Crippen LogP contribution < -0.4 is 15.5 Å². The van der Waals surface area contributed by atoms with Crippen LogP contribution in [-0.4, -0.2) is 52.9 Å². The highest BCUT2D eigenvalue weighted by molar-refractivity contribution is 5.79. The van der Waals surface area contributed by atoms with Crippen molar-refractivity contribution in [1.29, 1.82) is 0 Å². The van der Waals surface area contributed by atoms with Crippen molar-refractivity contribution in [3.63, 3.8) is 0 Å². The smallest absolute Gasteiger partial charge is 0.191 e. The molecule has 0 spiro atoms. The molecule has 1 atom stereocenters. The van der Waals surface area contributed by atoms with Gasteiger partial charge in [0.25, 0.3) is 0 Å². The van der Waals surface area contributed by atoms with Crippen LogP contribution in [-0.2, 0) is 19.5 Å². The zero-order chi connectivity index (χ0) is 19.4. The van der Waals surface area contributed by atoms with Crippen LogP contribution in [0, 0.1) is 0 Å². The summed E-state index contributed by atoms with van der Waals surface area (Å²) >= 11 is 0. The fourth-order valence-corrected chi connectivity index (χ4v) is 3.27. The molecular formula is C19H30N8. The van der Waals surface area contributed by atoms with Gasteiger partial charge in [-0.25, -0.2) is 4.98 Å². The van der Waals surface area contributed by atoms with E-state index in [2.05, 4.69) is 49.2 Å². The largest absolute Gasteiger partial charge is 0.363 e. The summed E-state index contributed by atoms with van der Waals surface area (Å²) in [6, 6.07) is 6.35. The van der Waals surface area contributed by atoms with Crippen molar-refractivity contribution in [1.82, 2.24) is 30.4 Å². The lowest BCUT2D eigenvalue weighted by Crippen LogP contribution is -2.47. The van der Waals surface area contributed by atoms with Gasteiger partial charge in [-0.3, -0.25) is 4.99 Å². The number of pyridine rings is 1.